The van der Waals surface area contributed by atoms with Crippen LogP contribution in [0.5, 0.6) is 23.0 Å². The predicted molar refractivity (Wildman–Crippen MR) is 173 cm³/mol. The number of nitrogens with one attached hydrogen (secondary N) is 1. The number of benzene rings is 2. The summed E-state index contributed by atoms with van der Waals surface area (Å²) in [6, 6.07) is 7.12. The van der Waals surface area contributed by atoms with Crippen LogP contribution in [0.3, 0.4) is 0 Å². The Bertz CT molecular complexity index is 1420. The van der Waals surface area contributed by atoms with Crippen LogP contribution in [0, 0.1) is 22.6 Å². The zero-order valence-electron chi connectivity index (χ0n) is 26.8. The maximum Gasteiger partial charge on any atom is 0.305 e. The van der Waals surface area contributed by atoms with Gasteiger partial charge in [0.15, 0.2) is 34.6 Å². The number of esters is 1. The van der Waals surface area contributed by atoms with E-state index in [0.717, 1.165) is 5.56 Å². The molecular weight excluding hydrogens is 649 g/mol. The van der Waals surface area contributed by atoms with Crippen molar-refractivity contribution in [1.82, 2.24) is 4.90 Å². The molecule has 0 bridgehead atoms. The molecule has 0 spiro atoms. The summed E-state index contributed by atoms with van der Waals surface area (Å²) < 4.78 is 42.9. The summed E-state index contributed by atoms with van der Waals surface area (Å²) in [6.45, 7) is 8.68. The molecule has 0 saturated carbocycles. The first-order chi connectivity index (χ1) is 21.0. The van der Waals surface area contributed by atoms with Crippen molar-refractivity contribution >= 4 is 34.6 Å². The summed E-state index contributed by atoms with van der Waals surface area (Å²) in [4.78, 5) is 26.9. The number of carbonyl (C=O) groups excluding carboxylic acids is 2. The lowest BCUT2D eigenvalue weighted by Gasteiger charge is -2.26. The molecule has 2 aromatic carbocycles. The molecule has 1 aliphatic heterocycles. The lowest BCUT2D eigenvalue weighted by atomic mass is 9.84. The van der Waals surface area contributed by atoms with Crippen molar-refractivity contribution in [2.75, 3.05) is 40.6 Å². The summed E-state index contributed by atoms with van der Waals surface area (Å²) in [5, 5.41) is 17.6. The molecule has 0 amide bonds. The molecule has 246 valence electrons. The van der Waals surface area contributed by atoms with Crippen LogP contribution in [0.15, 0.2) is 18.2 Å². The van der Waals surface area contributed by atoms with Gasteiger partial charge in [0.05, 0.1) is 52.2 Å². The van der Waals surface area contributed by atoms with Crippen LogP contribution in [0.25, 0.3) is 0 Å². The summed E-state index contributed by atoms with van der Waals surface area (Å²) in [5.74, 6) is -0.332. The second-order valence-corrected chi connectivity index (χ2v) is 11.4. The lowest BCUT2D eigenvalue weighted by molar-refractivity contribution is -0.143. The molecule has 0 atom stereocenters. The molecule has 1 N–H and O–H groups in total. The number of amidine groups is 1. The number of carbonyl (C=O) groups is 2. The van der Waals surface area contributed by atoms with E-state index < -0.39 is 11.2 Å². The van der Waals surface area contributed by atoms with Gasteiger partial charge in [0.2, 0.25) is 0 Å². The molecule has 0 radical (unpaired) electrons. The second-order valence-electron chi connectivity index (χ2n) is 11.4. The number of unbranched alkanes of at least 4 members (excludes halogenated alkanes) is 2. The van der Waals surface area contributed by atoms with Crippen molar-refractivity contribution in [2.24, 2.45) is 0 Å². The van der Waals surface area contributed by atoms with E-state index in [1.807, 2.05) is 20.8 Å². The molecule has 3 rings (SSSR count). The normalized spacial score (nSPS) is 12.1. The van der Waals surface area contributed by atoms with Gasteiger partial charge >= 0.3 is 5.97 Å². The van der Waals surface area contributed by atoms with Crippen LogP contribution in [0.2, 0.25) is 0 Å². The molecule has 2 aromatic rings. The maximum atomic E-state index is 15.3. The molecule has 45 heavy (non-hydrogen) atoms. The van der Waals surface area contributed by atoms with Gasteiger partial charge in [-0.3, -0.25) is 15.0 Å². The minimum absolute atomic E-state index is 0. The fraction of sp³-hybridized carbons (Fsp3) is 0.515. The Hall–Kier alpha value is -3.85. The molecule has 0 aliphatic carbocycles. The first-order valence-electron chi connectivity index (χ1n) is 14.7. The van der Waals surface area contributed by atoms with Gasteiger partial charge in [-0.25, -0.2) is 4.39 Å². The SMILES string of the molecule is Br.CCOC(=O)CCCCOc1c(OCCCC#N)cc(C(=O)CN2Cc3cc(OC)c(OC)c(F)c3C2=N)cc1C(C)(C)C. The fourth-order valence-electron chi connectivity index (χ4n) is 4.91. The van der Waals surface area contributed by atoms with Gasteiger partial charge in [-0.15, -0.1) is 17.0 Å². The average molecular weight is 693 g/mol. The van der Waals surface area contributed by atoms with E-state index in [0.29, 0.717) is 67.9 Å². The third-order valence-electron chi connectivity index (χ3n) is 7.14. The van der Waals surface area contributed by atoms with Crippen LogP contribution >= 0.6 is 17.0 Å². The molecule has 0 aromatic heterocycles. The zero-order valence-corrected chi connectivity index (χ0v) is 28.6. The lowest BCUT2D eigenvalue weighted by Crippen LogP contribution is -2.30. The minimum atomic E-state index is -0.700. The van der Waals surface area contributed by atoms with E-state index in [9.17, 15) is 9.59 Å². The van der Waals surface area contributed by atoms with E-state index in [1.165, 1.54) is 19.1 Å². The highest BCUT2D eigenvalue weighted by atomic mass is 79.9. The maximum absolute atomic E-state index is 15.3. The van der Waals surface area contributed by atoms with Crippen molar-refractivity contribution in [3.8, 4) is 29.1 Å². The number of rotatable bonds is 16. The van der Waals surface area contributed by atoms with Crippen molar-refractivity contribution < 1.29 is 37.7 Å². The van der Waals surface area contributed by atoms with Crippen LogP contribution in [0.1, 0.15) is 86.8 Å². The van der Waals surface area contributed by atoms with Gasteiger partial charge in [-0.05, 0) is 55.4 Å². The Morgan fingerprint density at radius 2 is 1.73 bits per heavy atom. The predicted octanol–water partition coefficient (Wildman–Crippen LogP) is 6.54. The quantitative estimate of drug-likeness (QED) is 0.118. The Balaban J connectivity index is 0.00000705. The average Bonchev–Trinajstić information content (AvgIpc) is 3.29. The van der Waals surface area contributed by atoms with Gasteiger partial charge < -0.3 is 28.6 Å². The van der Waals surface area contributed by atoms with Gasteiger partial charge in [0, 0.05) is 30.5 Å². The van der Waals surface area contributed by atoms with Gasteiger partial charge in [-0.1, -0.05) is 20.8 Å². The van der Waals surface area contributed by atoms with Gasteiger partial charge in [0.1, 0.15) is 5.84 Å². The largest absolute Gasteiger partial charge is 0.493 e. The highest BCUT2D eigenvalue weighted by Gasteiger charge is 2.33. The number of Topliss-reactive ketones (excluding diaryl/α,β-unsaturated/α-hetero) is 1. The Morgan fingerprint density at radius 3 is 2.36 bits per heavy atom. The molecule has 1 aliphatic rings. The Labute approximate surface area is 275 Å². The van der Waals surface area contributed by atoms with E-state index >= 15 is 4.39 Å². The Morgan fingerprint density at radius 1 is 1.02 bits per heavy atom. The molecule has 10 nitrogen and oxygen atoms in total. The molecule has 1 heterocycles. The molecular formula is C33H43BrFN3O7. The van der Waals surface area contributed by atoms with Crippen LogP contribution in [0.4, 0.5) is 4.39 Å². The number of halogens is 2. The molecule has 0 fully saturated rings. The number of ketones is 1. The summed E-state index contributed by atoms with van der Waals surface area (Å²) in [5.41, 5.74) is 1.29. The first kappa shape index (κ1) is 37.3. The Kier molecular flexibility index (Phi) is 14.1. The van der Waals surface area contributed by atoms with Crippen LogP contribution in [-0.4, -0.2) is 63.1 Å². The van der Waals surface area contributed by atoms with Crippen LogP contribution in [-0.2, 0) is 21.5 Å². The van der Waals surface area contributed by atoms with Gasteiger partial charge in [0.25, 0.3) is 0 Å². The minimum Gasteiger partial charge on any atom is -0.493 e. The number of fused-ring (bicyclic) bond motifs is 1. The smallest absolute Gasteiger partial charge is 0.305 e. The fourth-order valence-corrected chi connectivity index (χ4v) is 4.91. The standard InChI is InChI=1S/C33H42FN3O7.BrH/c1-7-42-27(39)12-8-10-15-44-30-23(33(2,3)4)16-21(17-26(30)43-14-11-9-13-35)24(38)20-37-19-22-18-25(40-5)31(41-6)29(34)28(22)32(37)36;/h16-18,36H,7-12,14-15,19-20H2,1-6H3;1H. The number of nitrogens with zero attached hydrogens (tertiary/aromatic N) is 2. The summed E-state index contributed by atoms with van der Waals surface area (Å²) in [6.07, 6.45) is 2.33. The van der Waals surface area contributed by atoms with Gasteiger partial charge in [-0.2, -0.15) is 5.26 Å². The van der Waals surface area contributed by atoms with E-state index in [4.69, 9.17) is 34.4 Å². The first-order valence-corrected chi connectivity index (χ1v) is 14.7. The number of nitriles is 1. The third-order valence-corrected chi connectivity index (χ3v) is 7.14. The third kappa shape index (κ3) is 9.33. The molecule has 0 saturated heterocycles. The van der Waals surface area contributed by atoms with Crippen molar-refractivity contribution in [3.63, 3.8) is 0 Å². The highest BCUT2D eigenvalue weighted by molar-refractivity contribution is 8.93. The van der Waals surface area contributed by atoms with Crippen molar-refractivity contribution in [2.45, 2.75) is 71.8 Å². The summed E-state index contributed by atoms with van der Waals surface area (Å²) in [7, 11) is 2.74. The molecule has 0 unspecified atom stereocenters. The van der Waals surface area contributed by atoms with E-state index in [-0.39, 0.29) is 71.3 Å². The number of hydrogen-bond donors (Lipinski definition) is 1. The molecule has 12 heteroatoms. The van der Waals surface area contributed by atoms with Crippen molar-refractivity contribution in [1.29, 1.82) is 10.7 Å². The number of methoxy groups -OCH3 is 2. The second kappa shape index (κ2) is 17.0. The summed E-state index contributed by atoms with van der Waals surface area (Å²) >= 11 is 0. The van der Waals surface area contributed by atoms with Crippen molar-refractivity contribution in [3.05, 3.63) is 46.3 Å². The number of ether oxygens (including phenoxy) is 5. The van der Waals surface area contributed by atoms with Crippen LogP contribution < -0.4 is 18.9 Å². The number of hydrogen-bond acceptors (Lipinski definition) is 9. The highest BCUT2D eigenvalue weighted by Crippen LogP contribution is 2.41. The van der Waals surface area contributed by atoms with E-state index in [1.54, 1.807) is 25.1 Å². The zero-order chi connectivity index (χ0) is 32.4. The van der Waals surface area contributed by atoms with E-state index in [2.05, 4.69) is 6.07 Å². The monoisotopic (exact) mass is 691 g/mol. The topological polar surface area (TPSA) is 131 Å².